The highest BCUT2D eigenvalue weighted by atomic mass is 32.2. The van der Waals surface area contributed by atoms with Gasteiger partial charge in [0.25, 0.3) is 0 Å². The van der Waals surface area contributed by atoms with Gasteiger partial charge in [0.05, 0.1) is 33.2 Å². The molecule has 1 fully saturated rings. The Morgan fingerprint density at radius 2 is 1.86 bits per heavy atom. The van der Waals surface area contributed by atoms with Gasteiger partial charge in [-0.15, -0.1) is 0 Å². The van der Waals surface area contributed by atoms with Crippen LogP contribution in [0.2, 0.25) is 0 Å². The summed E-state index contributed by atoms with van der Waals surface area (Å²) in [6.07, 6.45) is 6.87. The summed E-state index contributed by atoms with van der Waals surface area (Å²) in [4.78, 5) is 7.57. The van der Waals surface area contributed by atoms with Crippen LogP contribution >= 0.6 is 0 Å². The molecule has 1 aliphatic carbocycles. The van der Waals surface area contributed by atoms with Crippen LogP contribution in [-0.2, 0) is 16.1 Å². The lowest BCUT2D eigenvalue weighted by atomic mass is 9.97. The molecule has 29 heavy (non-hydrogen) atoms. The van der Waals surface area contributed by atoms with E-state index in [0.29, 0.717) is 5.92 Å². The van der Waals surface area contributed by atoms with Gasteiger partial charge in [0.1, 0.15) is 0 Å². The monoisotopic (exact) mass is 411 g/mol. The molecule has 3 rings (SSSR count). The standard InChI is InChI=1S/C24H33N3OS/c1-6-27(4)17-25-23-14-18(2)22(13-19(23)3)15-21-9-7-8-10-24(21)29(5,28)26-16-20-11-12-20/h7-10,13-14,17,20H,6,11-12,15-16H2,1-5H3/b25-17-. The van der Waals surface area contributed by atoms with E-state index in [2.05, 4.69) is 53.2 Å². The molecule has 1 unspecified atom stereocenters. The van der Waals surface area contributed by atoms with Gasteiger partial charge >= 0.3 is 0 Å². The second-order valence-corrected chi connectivity index (χ2v) is 10.5. The van der Waals surface area contributed by atoms with Crippen molar-refractivity contribution in [3.63, 3.8) is 0 Å². The first kappa shape index (κ1) is 21.6. The summed E-state index contributed by atoms with van der Waals surface area (Å²) in [5, 5.41) is 0. The molecule has 0 saturated heterocycles. The Kier molecular flexibility index (Phi) is 6.78. The van der Waals surface area contributed by atoms with Crippen LogP contribution in [0.1, 0.15) is 42.0 Å². The average molecular weight is 412 g/mol. The third-order valence-electron chi connectivity index (χ3n) is 5.58. The minimum atomic E-state index is -2.37. The summed E-state index contributed by atoms with van der Waals surface area (Å²) in [5.74, 6) is 0.646. The summed E-state index contributed by atoms with van der Waals surface area (Å²) in [6, 6.07) is 12.4. The second kappa shape index (κ2) is 9.12. The van der Waals surface area contributed by atoms with Gasteiger partial charge in [-0.25, -0.2) is 13.6 Å². The zero-order valence-electron chi connectivity index (χ0n) is 18.3. The highest BCUT2D eigenvalue weighted by Gasteiger charge is 2.22. The van der Waals surface area contributed by atoms with E-state index < -0.39 is 9.73 Å². The van der Waals surface area contributed by atoms with Gasteiger partial charge in [0, 0.05) is 19.8 Å². The van der Waals surface area contributed by atoms with Crippen molar-refractivity contribution in [1.29, 1.82) is 0 Å². The largest absolute Gasteiger partial charge is 0.366 e. The smallest absolute Gasteiger partial charge is 0.0909 e. The molecule has 0 bridgehead atoms. The maximum atomic E-state index is 13.3. The van der Waals surface area contributed by atoms with Crippen LogP contribution in [0, 0.1) is 19.8 Å². The number of aryl methyl sites for hydroxylation is 2. The quantitative estimate of drug-likeness (QED) is 0.433. The number of hydrogen-bond acceptors (Lipinski definition) is 3. The first-order chi connectivity index (χ1) is 13.8. The van der Waals surface area contributed by atoms with Gasteiger partial charge in [0.2, 0.25) is 0 Å². The van der Waals surface area contributed by atoms with Crippen molar-refractivity contribution in [2.24, 2.45) is 15.3 Å². The molecule has 0 aliphatic heterocycles. The van der Waals surface area contributed by atoms with Crippen molar-refractivity contribution >= 4 is 21.8 Å². The molecule has 1 saturated carbocycles. The number of rotatable bonds is 8. The minimum Gasteiger partial charge on any atom is -0.366 e. The molecule has 156 valence electrons. The Balaban J connectivity index is 1.89. The summed E-state index contributed by atoms with van der Waals surface area (Å²) in [6.45, 7) is 7.98. The molecule has 0 amide bonds. The van der Waals surface area contributed by atoms with E-state index >= 15 is 0 Å². The van der Waals surface area contributed by atoms with Crippen LogP contribution in [-0.4, -0.2) is 41.8 Å². The van der Waals surface area contributed by atoms with Gasteiger partial charge in [-0.05, 0) is 80.3 Å². The van der Waals surface area contributed by atoms with Crippen molar-refractivity contribution in [2.45, 2.75) is 44.9 Å². The van der Waals surface area contributed by atoms with Crippen LogP contribution in [0.25, 0.3) is 0 Å². The maximum Gasteiger partial charge on any atom is 0.0909 e. The van der Waals surface area contributed by atoms with Crippen molar-refractivity contribution in [3.8, 4) is 0 Å². The predicted octanol–water partition coefficient (Wildman–Crippen LogP) is 5.37. The highest BCUT2D eigenvalue weighted by Crippen LogP contribution is 2.31. The Labute approximate surface area is 176 Å². The van der Waals surface area contributed by atoms with Crippen molar-refractivity contribution in [3.05, 3.63) is 58.7 Å². The molecular weight excluding hydrogens is 378 g/mol. The molecule has 0 heterocycles. The Morgan fingerprint density at radius 3 is 2.55 bits per heavy atom. The molecule has 0 aromatic heterocycles. The van der Waals surface area contributed by atoms with E-state index in [4.69, 9.17) is 0 Å². The van der Waals surface area contributed by atoms with Crippen molar-refractivity contribution in [2.75, 3.05) is 26.4 Å². The lowest BCUT2D eigenvalue weighted by molar-refractivity contribution is 0.552. The Morgan fingerprint density at radius 1 is 1.14 bits per heavy atom. The molecule has 0 N–H and O–H groups in total. The third kappa shape index (κ3) is 5.69. The van der Waals surface area contributed by atoms with E-state index in [9.17, 15) is 4.21 Å². The summed E-state index contributed by atoms with van der Waals surface area (Å²) >= 11 is 0. The van der Waals surface area contributed by atoms with E-state index in [-0.39, 0.29) is 0 Å². The van der Waals surface area contributed by atoms with Crippen LogP contribution in [0.4, 0.5) is 5.69 Å². The van der Waals surface area contributed by atoms with Crippen molar-refractivity contribution < 1.29 is 4.21 Å². The first-order valence-corrected chi connectivity index (χ1v) is 12.3. The minimum absolute atomic E-state index is 0.646. The van der Waals surface area contributed by atoms with Crippen LogP contribution in [0.5, 0.6) is 0 Å². The summed E-state index contributed by atoms with van der Waals surface area (Å²) in [7, 11) is -0.351. The molecule has 1 aliphatic rings. The van der Waals surface area contributed by atoms with Gasteiger partial charge in [-0.3, -0.25) is 0 Å². The normalized spacial score (nSPS) is 16.0. The number of hydrogen-bond donors (Lipinski definition) is 0. The highest BCUT2D eigenvalue weighted by molar-refractivity contribution is 7.93. The van der Waals surface area contributed by atoms with Gasteiger partial charge in [-0.1, -0.05) is 24.3 Å². The molecular formula is C24H33N3OS. The number of benzene rings is 2. The Hall–Kier alpha value is -2.14. The van der Waals surface area contributed by atoms with Crippen LogP contribution < -0.4 is 0 Å². The fourth-order valence-electron chi connectivity index (χ4n) is 3.27. The molecule has 0 radical (unpaired) electrons. The molecule has 5 heteroatoms. The van der Waals surface area contributed by atoms with E-state index in [0.717, 1.165) is 41.2 Å². The van der Waals surface area contributed by atoms with E-state index in [1.807, 2.05) is 31.6 Å². The van der Waals surface area contributed by atoms with Crippen molar-refractivity contribution in [1.82, 2.24) is 4.90 Å². The fraction of sp³-hybridized carbons (Fsp3) is 0.458. The molecule has 0 spiro atoms. The summed E-state index contributed by atoms with van der Waals surface area (Å²) in [5.41, 5.74) is 5.70. The fourth-order valence-corrected chi connectivity index (χ4v) is 4.87. The average Bonchev–Trinajstić information content (AvgIpc) is 3.52. The molecule has 2 aromatic rings. The summed E-state index contributed by atoms with van der Waals surface area (Å²) < 4.78 is 17.9. The second-order valence-electron chi connectivity index (χ2n) is 8.23. The first-order valence-electron chi connectivity index (χ1n) is 10.4. The molecule has 4 nitrogen and oxygen atoms in total. The lowest BCUT2D eigenvalue weighted by Gasteiger charge is -2.15. The zero-order valence-corrected chi connectivity index (χ0v) is 19.1. The Bertz CT molecular complexity index is 1010. The van der Waals surface area contributed by atoms with Gasteiger partial charge in [-0.2, -0.15) is 0 Å². The van der Waals surface area contributed by atoms with Gasteiger partial charge in [0.15, 0.2) is 0 Å². The SMILES string of the molecule is CCN(C)/C=N\c1cc(C)c(Cc2ccccc2S(C)(=O)=NCC2CC2)cc1C. The predicted molar refractivity (Wildman–Crippen MR) is 124 cm³/mol. The molecule has 2 aromatic carbocycles. The van der Waals surface area contributed by atoms with Crippen LogP contribution in [0.15, 0.2) is 50.6 Å². The lowest BCUT2D eigenvalue weighted by Crippen LogP contribution is -2.14. The maximum absolute atomic E-state index is 13.3. The number of nitrogens with zero attached hydrogens (tertiary/aromatic N) is 3. The molecule has 1 atom stereocenters. The number of aliphatic imine (C=N–C) groups is 1. The van der Waals surface area contributed by atoms with Crippen LogP contribution in [0.3, 0.4) is 0 Å². The third-order valence-corrected chi connectivity index (χ3v) is 7.44. The van der Waals surface area contributed by atoms with E-state index in [1.54, 1.807) is 6.26 Å². The van der Waals surface area contributed by atoms with Gasteiger partial charge < -0.3 is 4.90 Å². The zero-order chi connectivity index (χ0) is 21.0. The topological polar surface area (TPSA) is 45.0 Å². The van der Waals surface area contributed by atoms with E-state index in [1.165, 1.54) is 24.0 Å².